The van der Waals surface area contributed by atoms with Crippen molar-refractivity contribution in [2.45, 2.75) is 19.4 Å². The third-order valence-corrected chi connectivity index (χ3v) is 6.21. The van der Waals surface area contributed by atoms with Gasteiger partial charge in [-0.1, -0.05) is 35.6 Å². The Balaban J connectivity index is 1.40. The van der Waals surface area contributed by atoms with Crippen molar-refractivity contribution in [3.8, 4) is 10.6 Å². The number of nitrogens with zero attached hydrogens (tertiary/aromatic N) is 5. The number of hydrogen-bond acceptors (Lipinski definition) is 6. The molecule has 7 nitrogen and oxygen atoms in total. The van der Waals surface area contributed by atoms with Gasteiger partial charge in [-0.3, -0.25) is 9.78 Å². The first-order chi connectivity index (χ1) is 15.1. The summed E-state index contributed by atoms with van der Waals surface area (Å²) in [4.78, 5) is 31.1. The second kappa shape index (κ2) is 7.88. The highest BCUT2D eigenvalue weighted by atomic mass is 32.1. The summed E-state index contributed by atoms with van der Waals surface area (Å²) in [5.41, 5.74) is 5.61. The molecule has 0 unspecified atom stereocenters. The highest BCUT2D eigenvalue weighted by molar-refractivity contribution is 7.21. The van der Waals surface area contributed by atoms with Crippen LogP contribution in [0.5, 0.6) is 0 Å². The summed E-state index contributed by atoms with van der Waals surface area (Å²) < 4.78 is 1.97. The lowest BCUT2D eigenvalue weighted by atomic mass is 10.0. The Morgan fingerprint density at radius 3 is 2.94 bits per heavy atom. The van der Waals surface area contributed by atoms with Crippen LogP contribution in [0, 0.1) is 0 Å². The molecule has 5 rings (SSSR count). The monoisotopic (exact) mass is 428 g/mol. The number of aromatic nitrogens is 5. The van der Waals surface area contributed by atoms with Gasteiger partial charge in [0.2, 0.25) is 5.91 Å². The Kier molecular flexibility index (Phi) is 4.91. The smallest absolute Gasteiger partial charge is 0.224 e. The first kappa shape index (κ1) is 19.3. The third kappa shape index (κ3) is 3.77. The van der Waals surface area contributed by atoms with Gasteiger partial charge < -0.3 is 9.88 Å². The lowest BCUT2D eigenvalue weighted by molar-refractivity contribution is -0.121. The first-order valence-electron chi connectivity index (χ1n) is 9.93. The van der Waals surface area contributed by atoms with Crippen molar-refractivity contribution in [1.29, 1.82) is 0 Å². The summed E-state index contributed by atoms with van der Waals surface area (Å²) in [7, 11) is 1.96. The molecule has 4 aromatic heterocycles. The number of thiazole rings is 1. The number of pyridine rings is 2. The molecule has 31 heavy (non-hydrogen) atoms. The predicted molar refractivity (Wildman–Crippen MR) is 122 cm³/mol. The van der Waals surface area contributed by atoms with Gasteiger partial charge >= 0.3 is 0 Å². The van der Waals surface area contributed by atoms with Crippen LogP contribution in [-0.2, 0) is 18.3 Å². The van der Waals surface area contributed by atoms with Crippen LogP contribution in [0.1, 0.15) is 24.1 Å². The van der Waals surface area contributed by atoms with E-state index >= 15 is 0 Å². The maximum atomic E-state index is 12.4. The number of carbonyl (C=O) groups is 1. The van der Waals surface area contributed by atoms with Crippen LogP contribution in [-0.4, -0.2) is 30.4 Å². The molecule has 4 heterocycles. The number of fused-ring (bicyclic) bond motifs is 3. The van der Waals surface area contributed by atoms with Crippen molar-refractivity contribution < 1.29 is 4.79 Å². The summed E-state index contributed by atoms with van der Waals surface area (Å²) in [6, 6.07) is 11.7. The van der Waals surface area contributed by atoms with Crippen molar-refractivity contribution >= 4 is 38.6 Å². The molecule has 0 aliphatic rings. The van der Waals surface area contributed by atoms with Gasteiger partial charge in [-0.2, -0.15) is 0 Å². The zero-order valence-electron chi connectivity index (χ0n) is 17.1. The second-order valence-corrected chi connectivity index (χ2v) is 8.45. The molecule has 1 N–H and O–H groups in total. The molecule has 0 spiro atoms. The Hall–Kier alpha value is -3.65. The van der Waals surface area contributed by atoms with E-state index in [4.69, 9.17) is 4.98 Å². The second-order valence-electron chi connectivity index (χ2n) is 7.47. The molecule has 8 heteroatoms. The van der Waals surface area contributed by atoms with Crippen LogP contribution in [0.25, 0.3) is 32.0 Å². The van der Waals surface area contributed by atoms with Crippen molar-refractivity contribution in [3.05, 3.63) is 72.4 Å². The summed E-state index contributed by atoms with van der Waals surface area (Å²) >= 11 is 1.56. The minimum atomic E-state index is -0.125. The Morgan fingerprint density at radius 1 is 1.19 bits per heavy atom. The summed E-state index contributed by atoms with van der Waals surface area (Å²) in [6.07, 6.45) is 7.29. The fraction of sp³-hybridized carbons (Fsp3) is 0.174. The molecule has 1 atom stereocenters. The number of carbonyl (C=O) groups excluding carboxylic acids is 1. The van der Waals surface area contributed by atoms with Gasteiger partial charge in [0.25, 0.3) is 0 Å². The average Bonchev–Trinajstić information content (AvgIpc) is 3.38. The van der Waals surface area contributed by atoms with E-state index in [-0.39, 0.29) is 11.9 Å². The van der Waals surface area contributed by atoms with Gasteiger partial charge in [-0.05, 0) is 30.2 Å². The van der Waals surface area contributed by atoms with E-state index < -0.39 is 0 Å². The Bertz CT molecular complexity index is 1390. The molecule has 154 valence electrons. The first-order valence-corrected chi connectivity index (χ1v) is 10.8. The van der Waals surface area contributed by atoms with Crippen molar-refractivity contribution in [2.24, 2.45) is 7.05 Å². The van der Waals surface area contributed by atoms with Crippen molar-refractivity contribution in [1.82, 2.24) is 29.8 Å². The number of aryl methyl sites for hydroxylation is 1. The van der Waals surface area contributed by atoms with E-state index in [0.29, 0.717) is 6.42 Å². The minimum Gasteiger partial charge on any atom is -0.349 e. The summed E-state index contributed by atoms with van der Waals surface area (Å²) in [5.74, 6) is -0.0336. The topological polar surface area (TPSA) is 85.6 Å². The van der Waals surface area contributed by atoms with Crippen LogP contribution < -0.4 is 5.32 Å². The largest absolute Gasteiger partial charge is 0.349 e. The average molecular weight is 429 g/mol. The van der Waals surface area contributed by atoms with Crippen LogP contribution in [0.15, 0.2) is 61.3 Å². The Morgan fingerprint density at radius 2 is 2.10 bits per heavy atom. The van der Waals surface area contributed by atoms with Gasteiger partial charge in [-0.25, -0.2) is 15.0 Å². The van der Waals surface area contributed by atoms with E-state index in [1.165, 1.54) is 0 Å². The maximum absolute atomic E-state index is 12.4. The highest BCUT2D eigenvalue weighted by Gasteiger charge is 2.15. The molecular formula is C23H20N6OS. The lowest BCUT2D eigenvalue weighted by Crippen LogP contribution is -2.28. The Labute approximate surface area is 182 Å². The normalized spacial score (nSPS) is 12.3. The molecule has 1 amide bonds. The predicted octanol–water partition coefficient (Wildman–Crippen LogP) is 4.06. The molecule has 0 radical (unpaired) electrons. The standard InChI is InChI=1S/C23H20N6OS/c1-14(27-19(30)9-15-5-4-8-24-11-15)16-6-3-7-17(10-16)22-28-20-21-18(26-13-29(21)2)12-25-23(20)31-22/h3-8,10-14H,9H2,1-2H3,(H,27,30)/t14-/m0/s1. The van der Waals surface area contributed by atoms with E-state index in [9.17, 15) is 4.79 Å². The van der Waals surface area contributed by atoms with Gasteiger partial charge in [0.1, 0.15) is 20.9 Å². The number of amides is 1. The molecule has 0 saturated carbocycles. The maximum Gasteiger partial charge on any atom is 0.224 e. The number of rotatable bonds is 5. The SMILES string of the molecule is C[C@H](NC(=O)Cc1cccnc1)c1cccc(-c2nc3c(ncc4ncn(C)c43)s2)c1. The zero-order chi connectivity index (χ0) is 21.4. The number of hydrogen-bond donors (Lipinski definition) is 1. The number of imidazole rings is 1. The molecule has 0 aliphatic carbocycles. The molecule has 0 fully saturated rings. The van der Waals surface area contributed by atoms with Crippen molar-refractivity contribution in [3.63, 3.8) is 0 Å². The van der Waals surface area contributed by atoms with E-state index in [0.717, 1.165) is 43.1 Å². The van der Waals surface area contributed by atoms with E-state index in [1.807, 2.05) is 48.9 Å². The van der Waals surface area contributed by atoms with Crippen LogP contribution in [0.2, 0.25) is 0 Å². The van der Waals surface area contributed by atoms with Crippen LogP contribution in [0.3, 0.4) is 0 Å². The quantitative estimate of drug-likeness (QED) is 0.456. The molecule has 0 saturated heterocycles. The molecule has 1 aromatic carbocycles. The fourth-order valence-electron chi connectivity index (χ4n) is 3.63. The minimum absolute atomic E-state index is 0.0336. The van der Waals surface area contributed by atoms with Crippen LogP contribution in [0.4, 0.5) is 0 Å². The zero-order valence-corrected chi connectivity index (χ0v) is 17.9. The third-order valence-electron chi connectivity index (χ3n) is 5.20. The van der Waals surface area contributed by atoms with Gasteiger partial charge in [0.15, 0.2) is 0 Å². The number of benzene rings is 1. The summed E-state index contributed by atoms with van der Waals surface area (Å²) in [6.45, 7) is 1.99. The van der Waals surface area contributed by atoms with E-state index in [1.54, 1.807) is 36.3 Å². The molecule has 0 aliphatic heterocycles. The van der Waals surface area contributed by atoms with Gasteiger partial charge in [0, 0.05) is 25.0 Å². The van der Waals surface area contributed by atoms with Crippen LogP contribution >= 0.6 is 11.3 Å². The highest BCUT2D eigenvalue weighted by Crippen LogP contribution is 2.33. The fourth-order valence-corrected chi connectivity index (χ4v) is 4.54. The summed E-state index contributed by atoms with van der Waals surface area (Å²) in [5, 5.41) is 3.97. The molecule has 5 aromatic rings. The molecular weight excluding hydrogens is 408 g/mol. The van der Waals surface area contributed by atoms with E-state index in [2.05, 4.69) is 26.3 Å². The van der Waals surface area contributed by atoms with Gasteiger partial charge in [0.05, 0.1) is 30.5 Å². The number of nitrogens with one attached hydrogen (secondary N) is 1. The van der Waals surface area contributed by atoms with Gasteiger partial charge in [-0.15, -0.1) is 0 Å². The lowest BCUT2D eigenvalue weighted by Gasteiger charge is -2.15. The molecule has 0 bridgehead atoms. The van der Waals surface area contributed by atoms with Crippen molar-refractivity contribution in [2.75, 3.05) is 0 Å².